The van der Waals surface area contributed by atoms with Crippen LogP contribution < -0.4 is 4.90 Å². The average molecular weight is 741 g/mol. The van der Waals surface area contributed by atoms with Crippen molar-refractivity contribution in [1.29, 1.82) is 0 Å². The molecule has 0 aromatic heterocycles. The van der Waals surface area contributed by atoms with Gasteiger partial charge in [-0.25, -0.2) is 0 Å². The van der Waals surface area contributed by atoms with Gasteiger partial charge in [-0.05, 0) is 120 Å². The number of hydrogen-bond donors (Lipinski definition) is 0. The Morgan fingerprint density at radius 2 is 0.931 bits per heavy atom. The van der Waals surface area contributed by atoms with Crippen molar-refractivity contribution in [3.05, 3.63) is 259 Å². The molecule has 11 rings (SSSR count). The van der Waals surface area contributed by atoms with E-state index in [1.54, 1.807) is 0 Å². The first kappa shape index (κ1) is 30.7. The van der Waals surface area contributed by atoms with Crippen LogP contribution in [0.3, 0.4) is 0 Å². The lowest BCUT2D eigenvalue weighted by atomic mass is 9.67. The highest BCUT2D eigenvalue weighted by atomic mass is 15.1. The molecule has 0 atom stereocenters. The van der Waals surface area contributed by atoms with Crippen molar-refractivity contribution in [1.82, 2.24) is 0 Å². The first-order valence-electron chi connectivity index (χ1n) is 21.4. The van der Waals surface area contributed by atoms with Crippen LogP contribution in [0.5, 0.6) is 0 Å². The van der Waals surface area contributed by atoms with Crippen molar-refractivity contribution in [3.63, 3.8) is 0 Å². The average Bonchev–Trinajstić information content (AvgIpc) is 3.65. The van der Waals surface area contributed by atoms with E-state index in [0.717, 1.165) is 66.7 Å². The predicted octanol–water partition coefficient (Wildman–Crippen LogP) is 15.2. The van der Waals surface area contributed by atoms with Crippen LogP contribution in [0.25, 0.3) is 54.9 Å². The second kappa shape index (κ2) is 13.9. The Morgan fingerprint density at radius 3 is 1.67 bits per heavy atom. The quantitative estimate of drug-likeness (QED) is 0.147. The molecule has 1 aliphatic rings. The van der Waals surface area contributed by atoms with Gasteiger partial charge in [-0.3, -0.25) is 0 Å². The van der Waals surface area contributed by atoms with E-state index >= 15 is 0 Å². The summed E-state index contributed by atoms with van der Waals surface area (Å²) in [6, 6.07) is 75.8. The summed E-state index contributed by atoms with van der Waals surface area (Å²) in [5.41, 5.74) is 10.6. The van der Waals surface area contributed by atoms with Crippen molar-refractivity contribution in [2.24, 2.45) is 0 Å². The normalized spacial score (nSPS) is 13.3. The maximum Gasteiger partial charge on any atom is 0.0714 e. The van der Waals surface area contributed by atoms with Crippen LogP contribution in [-0.2, 0) is 5.41 Å². The van der Waals surface area contributed by atoms with E-state index in [0.29, 0.717) is 16.8 Å². The number of rotatable bonds is 7. The molecule has 0 fully saturated rings. The molecule has 0 radical (unpaired) electrons. The maximum atomic E-state index is 10.6. The summed E-state index contributed by atoms with van der Waals surface area (Å²) >= 11 is 0. The predicted molar refractivity (Wildman–Crippen MR) is 244 cm³/mol. The fourth-order valence-electron chi connectivity index (χ4n) is 9.24. The van der Waals surface area contributed by atoms with Gasteiger partial charge >= 0.3 is 0 Å². The molecule has 1 nitrogen and oxygen atoms in total. The van der Waals surface area contributed by atoms with Crippen LogP contribution >= 0.6 is 0 Å². The highest BCUT2D eigenvalue weighted by molar-refractivity contribution is 6.14. The van der Waals surface area contributed by atoms with Gasteiger partial charge in [0.15, 0.2) is 0 Å². The smallest absolute Gasteiger partial charge is 0.0714 e. The molecule has 58 heavy (non-hydrogen) atoms. The number of anilines is 3. The first-order valence-corrected chi connectivity index (χ1v) is 19.9. The fraction of sp³-hybridized carbons (Fsp3) is 0.0175. The van der Waals surface area contributed by atoms with Gasteiger partial charge in [0, 0.05) is 17.1 Å². The second-order valence-electron chi connectivity index (χ2n) is 15.0. The molecule has 0 spiro atoms. The summed E-state index contributed by atoms with van der Waals surface area (Å²) in [4.78, 5) is 2.04. The van der Waals surface area contributed by atoms with Crippen LogP contribution in [0.4, 0.5) is 17.1 Å². The Hall–Kier alpha value is -7.48. The minimum Gasteiger partial charge on any atom is -0.310 e. The Labute approximate surface area is 344 Å². The molecule has 10 aromatic rings. The van der Waals surface area contributed by atoms with E-state index in [4.69, 9.17) is 0 Å². The number of hydrogen-bond acceptors (Lipinski definition) is 1. The number of nitrogens with zero attached hydrogens (tertiary/aromatic N) is 1. The van der Waals surface area contributed by atoms with Crippen LogP contribution in [0.15, 0.2) is 237 Å². The summed E-state index contributed by atoms with van der Waals surface area (Å²) in [6.07, 6.45) is 0. The third kappa shape index (κ3) is 5.39. The van der Waals surface area contributed by atoms with E-state index < -0.39 is 5.41 Å². The summed E-state index contributed by atoms with van der Waals surface area (Å²) < 4.78 is 30.5. The van der Waals surface area contributed by atoms with Gasteiger partial charge in [0.2, 0.25) is 0 Å². The summed E-state index contributed by atoms with van der Waals surface area (Å²) in [5, 5.41) is 4.70. The molecule has 0 saturated carbocycles. The minimum absolute atomic E-state index is 0.00386. The lowest BCUT2D eigenvalue weighted by Gasteiger charge is -2.35. The number of benzene rings is 10. The molecule has 0 aliphatic heterocycles. The summed E-state index contributed by atoms with van der Waals surface area (Å²) in [5.74, 6) is 0. The van der Waals surface area contributed by atoms with E-state index in [9.17, 15) is 4.11 Å². The van der Waals surface area contributed by atoms with Crippen molar-refractivity contribution < 1.29 is 4.11 Å². The van der Waals surface area contributed by atoms with E-state index in [-0.39, 0.29) is 18.1 Å². The zero-order valence-electron chi connectivity index (χ0n) is 34.7. The van der Waals surface area contributed by atoms with Crippen LogP contribution in [0, 0.1) is 0 Å². The SMILES string of the molecule is [2H]c1c([2H])c(N(c2ccc(-c3ccccc3)cc2)c2cccc(-c3cc4ccccc4c4ccccc34)c2)c([2H])c2c1-c1ccccc1C2(c1ccccc1)c1ccccc1. The molecule has 272 valence electrons. The van der Waals surface area contributed by atoms with E-state index in [1.165, 1.54) is 10.8 Å². The van der Waals surface area contributed by atoms with Gasteiger partial charge in [0.05, 0.1) is 9.53 Å². The van der Waals surface area contributed by atoms with Gasteiger partial charge < -0.3 is 4.90 Å². The second-order valence-corrected chi connectivity index (χ2v) is 15.0. The van der Waals surface area contributed by atoms with Gasteiger partial charge in [0.1, 0.15) is 0 Å². The van der Waals surface area contributed by atoms with Crippen LogP contribution in [-0.4, -0.2) is 0 Å². The maximum absolute atomic E-state index is 10.6. The Bertz CT molecular complexity index is 3230. The van der Waals surface area contributed by atoms with Crippen LogP contribution in [0.2, 0.25) is 0 Å². The molecule has 1 aliphatic carbocycles. The van der Waals surface area contributed by atoms with E-state index in [1.807, 2.05) is 71.6 Å². The van der Waals surface area contributed by atoms with Crippen molar-refractivity contribution >= 4 is 38.6 Å². The zero-order valence-corrected chi connectivity index (χ0v) is 31.7. The molecule has 0 saturated heterocycles. The molecule has 1 heteroatoms. The highest BCUT2D eigenvalue weighted by Crippen LogP contribution is 2.57. The molecular formula is C57H39N. The monoisotopic (exact) mass is 740 g/mol. The number of fused-ring (bicyclic) bond motifs is 6. The van der Waals surface area contributed by atoms with E-state index in [2.05, 4.69) is 152 Å². The lowest BCUT2D eigenvalue weighted by molar-refractivity contribution is 0.768. The van der Waals surface area contributed by atoms with Gasteiger partial charge in [-0.15, -0.1) is 0 Å². The minimum atomic E-state index is -0.918. The molecule has 0 N–H and O–H groups in total. The van der Waals surface area contributed by atoms with Crippen molar-refractivity contribution in [3.8, 4) is 33.4 Å². The fourth-order valence-corrected chi connectivity index (χ4v) is 9.24. The molecular weight excluding hydrogens is 699 g/mol. The molecule has 0 unspecified atom stereocenters. The lowest BCUT2D eigenvalue weighted by Crippen LogP contribution is -2.28. The van der Waals surface area contributed by atoms with Gasteiger partial charge in [-0.1, -0.05) is 194 Å². The Kier molecular flexibility index (Phi) is 7.37. The Balaban J connectivity index is 1.20. The largest absolute Gasteiger partial charge is 0.310 e. The Morgan fingerprint density at radius 1 is 0.345 bits per heavy atom. The third-order valence-corrected chi connectivity index (χ3v) is 11.8. The van der Waals surface area contributed by atoms with Crippen molar-refractivity contribution in [2.45, 2.75) is 5.41 Å². The molecule has 0 amide bonds. The van der Waals surface area contributed by atoms with Crippen molar-refractivity contribution in [2.75, 3.05) is 4.90 Å². The summed E-state index contributed by atoms with van der Waals surface area (Å²) in [7, 11) is 0. The van der Waals surface area contributed by atoms with Gasteiger partial charge in [-0.2, -0.15) is 0 Å². The molecule has 0 bridgehead atoms. The first-order chi connectivity index (χ1) is 30.0. The standard InChI is InChI=1S/C57H39N/c1-4-17-40(18-5-1)41-31-33-46(34-32-41)58(47-25-16-20-42(37-47)54-38-43-19-10-11-26-49(43)50-27-12-13-28-51(50)54)48-35-36-53-52-29-14-15-30-55(52)57(56(53)39-48,44-21-6-2-7-22-44)45-23-8-3-9-24-45/h1-39H/i35D,36D,39D. The zero-order chi connectivity index (χ0) is 41.1. The topological polar surface area (TPSA) is 3.24 Å². The van der Waals surface area contributed by atoms with Gasteiger partial charge in [0.25, 0.3) is 0 Å². The van der Waals surface area contributed by atoms with Crippen LogP contribution in [0.1, 0.15) is 26.4 Å². The molecule has 0 heterocycles. The molecule has 10 aromatic carbocycles. The highest BCUT2D eigenvalue weighted by Gasteiger charge is 2.46. The third-order valence-electron chi connectivity index (χ3n) is 11.8. The summed E-state index contributed by atoms with van der Waals surface area (Å²) in [6.45, 7) is 0.